The molecule has 0 radical (unpaired) electrons. The van der Waals surface area contributed by atoms with Gasteiger partial charge in [-0.1, -0.05) is 0 Å². The largest absolute Gasteiger partial charge is 0.480 e. The van der Waals surface area contributed by atoms with Crippen molar-refractivity contribution in [2.24, 2.45) is 0 Å². The monoisotopic (exact) mass is 244 g/mol. The minimum atomic E-state index is -0.905. The fourth-order valence-corrected chi connectivity index (χ4v) is 1.13. The zero-order valence-electron chi connectivity index (χ0n) is 6.99. The number of carboxylic acid groups (broad SMARTS) is 1. The molecule has 0 aliphatic heterocycles. The van der Waals surface area contributed by atoms with Crippen molar-refractivity contribution in [3.05, 3.63) is 22.8 Å². The number of aliphatic carboxylic acids is 1. The molecule has 1 rings (SSSR count). The van der Waals surface area contributed by atoms with Crippen molar-refractivity contribution in [2.45, 2.75) is 13.0 Å². The molecule has 0 fully saturated rings. The second-order valence-electron chi connectivity index (χ2n) is 2.54. The van der Waals surface area contributed by atoms with Gasteiger partial charge in [-0.2, -0.15) is 0 Å². The van der Waals surface area contributed by atoms with Gasteiger partial charge in [0, 0.05) is 6.20 Å². The molecule has 0 amide bonds. The van der Waals surface area contributed by atoms with E-state index >= 15 is 0 Å². The molecule has 1 aromatic heterocycles. The Bertz CT molecular complexity index is 317. The highest BCUT2D eigenvalue weighted by Crippen LogP contribution is 2.18. The van der Waals surface area contributed by atoms with Crippen LogP contribution in [0.5, 0.6) is 0 Å². The second kappa shape index (κ2) is 4.23. The van der Waals surface area contributed by atoms with E-state index in [-0.39, 0.29) is 0 Å². The molecular formula is C8H9BrN2O2. The molecule has 5 heteroatoms. The summed E-state index contributed by atoms with van der Waals surface area (Å²) in [5.41, 5.74) is 0. The summed E-state index contributed by atoms with van der Waals surface area (Å²) in [5.74, 6) is -0.366. The molecule has 0 aliphatic rings. The van der Waals surface area contributed by atoms with E-state index in [0.717, 1.165) is 4.47 Å². The number of nitrogens with zero attached hydrogens (tertiary/aromatic N) is 1. The van der Waals surface area contributed by atoms with E-state index in [4.69, 9.17) is 5.11 Å². The molecule has 1 heterocycles. The van der Waals surface area contributed by atoms with Gasteiger partial charge < -0.3 is 10.4 Å². The van der Waals surface area contributed by atoms with Crippen LogP contribution in [0.1, 0.15) is 6.92 Å². The smallest absolute Gasteiger partial charge is 0.325 e. The zero-order valence-corrected chi connectivity index (χ0v) is 8.58. The van der Waals surface area contributed by atoms with Crippen molar-refractivity contribution in [1.82, 2.24) is 4.98 Å². The lowest BCUT2D eigenvalue weighted by atomic mass is 10.3. The fraction of sp³-hybridized carbons (Fsp3) is 0.250. The summed E-state index contributed by atoms with van der Waals surface area (Å²) < 4.78 is 0.753. The lowest BCUT2D eigenvalue weighted by Crippen LogP contribution is -2.25. The Hall–Kier alpha value is -1.10. The average Bonchev–Trinajstić information content (AvgIpc) is 2.08. The van der Waals surface area contributed by atoms with Crippen LogP contribution in [0.4, 0.5) is 5.82 Å². The lowest BCUT2D eigenvalue weighted by Gasteiger charge is -2.10. The Labute approximate surface area is 84.1 Å². The zero-order chi connectivity index (χ0) is 9.84. The van der Waals surface area contributed by atoms with Gasteiger partial charge in [0.05, 0.1) is 4.47 Å². The number of hydrogen-bond acceptors (Lipinski definition) is 3. The minimum absolute atomic E-state index is 0.539. The van der Waals surface area contributed by atoms with Gasteiger partial charge in [0.2, 0.25) is 0 Å². The van der Waals surface area contributed by atoms with Crippen molar-refractivity contribution in [3.8, 4) is 0 Å². The highest BCUT2D eigenvalue weighted by Gasteiger charge is 2.11. The lowest BCUT2D eigenvalue weighted by molar-refractivity contribution is -0.137. The molecule has 0 saturated heterocycles. The van der Waals surface area contributed by atoms with Crippen molar-refractivity contribution >= 4 is 27.7 Å². The van der Waals surface area contributed by atoms with Crippen LogP contribution in [0.3, 0.4) is 0 Å². The fourth-order valence-electron chi connectivity index (χ4n) is 0.759. The SMILES string of the molecule is CC(Nc1ncccc1Br)C(=O)O. The Morgan fingerprint density at radius 1 is 1.77 bits per heavy atom. The van der Waals surface area contributed by atoms with Gasteiger partial charge in [-0.15, -0.1) is 0 Å². The maximum Gasteiger partial charge on any atom is 0.325 e. The van der Waals surface area contributed by atoms with Gasteiger partial charge in [-0.25, -0.2) is 4.98 Å². The molecule has 1 unspecified atom stereocenters. The first-order valence-electron chi connectivity index (χ1n) is 3.71. The number of rotatable bonds is 3. The normalized spacial score (nSPS) is 12.2. The molecule has 0 saturated carbocycles. The quantitative estimate of drug-likeness (QED) is 0.851. The Morgan fingerprint density at radius 3 is 3.00 bits per heavy atom. The number of carboxylic acids is 1. The molecule has 1 aromatic rings. The first kappa shape index (κ1) is 9.98. The summed E-state index contributed by atoms with van der Waals surface area (Å²) in [7, 11) is 0. The molecule has 70 valence electrons. The van der Waals surface area contributed by atoms with Crippen molar-refractivity contribution in [3.63, 3.8) is 0 Å². The van der Waals surface area contributed by atoms with Crippen molar-refractivity contribution in [1.29, 1.82) is 0 Å². The number of anilines is 1. The third kappa shape index (κ3) is 2.69. The number of nitrogens with one attached hydrogen (secondary N) is 1. The standard InChI is InChI=1S/C8H9BrN2O2/c1-5(8(12)13)11-7-6(9)3-2-4-10-7/h2-5H,1H3,(H,10,11)(H,12,13). The molecule has 0 aromatic carbocycles. The van der Waals surface area contributed by atoms with Gasteiger partial charge >= 0.3 is 5.97 Å². The highest BCUT2D eigenvalue weighted by atomic mass is 79.9. The van der Waals surface area contributed by atoms with Crippen LogP contribution in [0.25, 0.3) is 0 Å². The van der Waals surface area contributed by atoms with E-state index in [0.29, 0.717) is 5.82 Å². The summed E-state index contributed by atoms with van der Waals surface area (Å²) in [6.07, 6.45) is 1.60. The van der Waals surface area contributed by atoms with E-state index in [9.17, 15) is 4.79 Å². The maximum atomic E-state index is 10.5. The van der Waals surface area contributed by atoms with E-state index in [1.54, 1.807) is 25.3 Å². The average molecular weight is 245 g/mol. The van der Waals surface area contributed by atoms with Crippen LogP contribution in [-0.2, 0) is 4.79 Å². The van der Waals surface area contributed by atoms with Crippen LogP contribution < -0.4 is 5.32 Å². The summed E-state index contributed by atoms with van der Waals surface area (Å²) in [4.78, 5) is 14.5. The first-order valence-corrected chi connectivity index (χ1v) is 4.50. The third-order valence-corrected chi connectivity index (χ3v) is 2.12. The first-order chi connectivity index (χ1) is 6.11. The van der Waals surface area contributed by atoms with Crippen LogP contribution in [0, 0.1) is 0 Å². The van der Waals surface area contributed by atoms with Crippen LogP contribution >= 0.6 is 15.9 Å². The highest BCUT2D eigenvalue weighted by molar-refractivity contribution is 9.10. The molecule has 0 spiro atoms. The molecular weight excluding hydrogens is 236 g/mol. The number of carbonyl (C=O) groups is 1. The van der Waals surface area contributed by atoms with Gasteiger partial charge in [0.25, 0.3) is 0 Å². The number of pyridine rings is 1. The third-order valence-electron chi connectivity index (χ3n) is 1.48. The van der Waals surface area contributed by atoms with Gasteiger partial charge in [0.15, 0.2) is 0 Å². The summed E-state index contributed by atoms with van der Waals surface area (Å²) in [6, 6.07) is 2.91. The van der Waals surface area contributed by atoms with Gasteiger partial charge in [-0.05, 0) is 35.0 Å². The Kier molecular flexibility index (Phi) is 3.25. The summed E-state index contributed by atoms with van der Waals surface area (Å²) >= 11 is 3.26. The number of aromatic nitrogens is 1. The van der Waals surface area contributed by atoms with E-state index in [2.05, 4.69) is 26.2 Å². The van der Waals surface area contributed by atoms with E-state index in [1.807, 2.05) is 0 Å². The minimum Gasteiger partial charge on any atom is -0.480 e. The second-order valence-corrected chi connectivity index (χ2v) is 3.39. The van der Waals surface area contributed by atoms with E-state index in [1.165, 1.54) is 0 Å². The van der Waals surface area contributed by atoms with Crippen LogP contribution in [0.2, 0.25) is 0 Å². The van der Waals surface area contributed by atoms with Gasteiger partial charge in [0.1, 0.15) is 11.9 Å². The number of hydrogen-bond donors (Lipinski definition) is 2. The molecule has 2 N–H and O–H groups in total. The van der Waals surface area contributed by atoms with Crippen LogP contribution in [0.15, 0.2) is 22.8 Å². The van der Waals surface area contributed by atoms with Crippen molar-refractivity contribution in [2.75, 3.05) is 5.32 Å². The predicted octanol–water partition coefficient (Wildman–Crippen LogP) is 1.73. The molecule has 0 bridgehead atoms. The van der Waals surface area contributed by atoms with E-state index < -0.39 is 12.0 Å². The molecule has 4 nitrogen and oxygen atoms in total. The van der Waals surface area contributed by atoms with Gasteiger partial charge in [-0.3, -0.25) is 4.79 Å². The molecule has 13 heavy (non-hydrogen) atoms. The van der Waals surface area contributed by atoms with Crippen LogP contribution in [-0.4, -0.2) is 22.1 Å². The molecule has 1 atom stereocenters. The Balaban J connectivity index is 2.74. The van der Waals surface area contributed by atoms with Crippen molar-refractivity contribution < 1.29 is 9.90 Å². The summed E-state index contributed by atoms with van der Waals surface area (Å²) in [5, 5.41) is 11.4. The predicted molar refractivity (Wildman–Crippen MR) is 52.7 cm³/mol. The maximum absolute atomic E-state index is 10.5. The summed E-state index contributed by atoms with van der Waals surface area (Å²) in [6.45, 7) is 1.56. The number of halogens is 1. The molecule has 0 aliphatic carbocycles. The Morgan fingerprint density at radius 2 is 2.46 bits per heavy atom. The topological polar surface area (TPSA) is 62.2 Å².